The number of Topliss-reactive ketones (excluding diaryl/α,β-unsaturated/α-hetero) is 2. The summed E-state index contributed by atoms with van der Waals surface area (Å²) < 4.78 is 0. The van der Waals surface area contributed by atoms with Gasteiger partial charge < -0.3 is 15.3 Å². The van der Waals surface area contributed by atoms with Gasteiger partial charge in [-0.3, -0.25) is 14.4 Å². The standard InChI is InChI=1S/C19H16O6/c1-9-7-13(21)19(25)15-11(5-6-18(19,24)8-9)16(22)14-10(17(15)23)3-2-4-12(14)20/h2-4,7,20,24-25H,5-6,8H2,1H3/t18-,19-/m0/s1. The molecule has 0 fully saturated rings. The minimum absolute atomic E-state index is 0.00696. The second kappa shape index (κ2) is 4.74. The van der Waals surface area contributed by atoms with E-state index in [1.165, 1.54) is 24.3 Å². The molecule has 1 aromatic carbocycles. The number of benzene rings is 1. The van der Waals surface area contributed by atoms with Gasteiger partial charge in [0.15, 0.2) is 23.0 Å². The Morgan fingerprint density at radius 1 is 1.08 bits per heavy atom. The van der Waals surface area contributed by atoms with Gasteiger partial charge in [0.1, 0.15) is 11.4 Å². The zero-order chi connectivity index (χ0) is 18.1. The van der Waals surface area contributed by atoms with Gasteiger partial charge in [0, 0.05) is 23.1 Å². The Balaban J connectivity index is 2.02. The lowest BCUT2D eigenvalue weighted by molar-refractivity contribution is -0.165. The van der Waals surface area contributed by atoms with Crippen LogP contribution in [-0.4, -0.2) is 43.9 Å². The number of aromatic hydroxyl groups is 1. The predicted molar refractivity (Wildman–Crippen MR) is 86.3 cm³/mol. The summed E-state index contributed by atoms with van der Waals surface area (Å²) in [4.78, 5) is 38.5. The lowest BCUT2D eigenvalue weighted by atomic mass is 9.58. The summed E-state index contributed by atoms with van der Waals surface area (Å²) in [7, 11) is 0. The first-order chi connectivity index (χ1) is 11.7. The normalized spacial score (nSPS) is 31.3. The molecule has 25 heavy (non-hydrogen) atoms. The molecule has 6 heteroatoms. The van der Waals surface area contributed by atoms with Gasteiger partial charge in [-0.2, -0.15) is 0 Å². The number of carbonyl (C=O) groups is 3. The summed E-state index contributed by atoms with van der Waals surface area (Å²) in [6, 6.07) is 4.09. The van der Waals surface area contributed by atoms with E-state index in [1.54, 1.807) is 6.92 Å². The summed E-state index contributed by atoms with van der Waals surface area (Å²) >= 11 is 0. The highest BCUT2D eigenvalue weighted by atomic mass is 16.4. The highest BCUT2D eigenvalue weighted by molar-refractivity contribution is 6.31. The van der Waals surface area contributed by atoms with Crippen molar-refractivity contribution < 1.29 is 29.7 Å². The molecule has 0 radical (unpaired) electrons. The average Bonchev–Trinajstić information content (AvgIpc) is 2.53. The summed E-state index contributed by atoms with van der Waals surface area (Å²) in [6.45, 7) is 1.67. The number of hydrogen-bond acceptors (Lipinski definition) is 6. The van der Waals surface area contributed by atoms with E-state index < -0.39 is 28.6 Å². The molecule has 3 N–H and O–H groups in total. The van der Waals surface area contributed by atoms with Gasteiger partial charge in [-0.05, 0) is 31.9 Å². The van der Waals surface area contributed by atoms with E-state index in [-0.39, 0.29) is 47.3 Å². The van der Waals surface area contributed by atoms with Crippen LogP contribution in [0.25, 0.3) is 0 Å². The van der Waals surface area contributed by atoms with Gasteiger partial charge in [0.25, 0.3) is 0 Å². The Labute approximate surface area is 143 Å². The van der Waals surface area contributed by atoms with Crippen molar-refractivity contribution in [2.75, 3.05) is 0 Å². The molecule has 0 bridgehead atoms. The van der Waals surface area contributed by atoms with Crippen LogP contribution >= 0.6 is 0 Å². The fraction of sp³-hybridized carbons (Fsp3) is 0.316. The smallest absolute Gasteiger partial charge is 0.194 e. The van der Waals surface area contributed by atoms with Crippen molar-refractivity contribution in [2.45, 2.75) is 37.4 Å². The summed E-state index contributed by atoms with van der Waals surface area (Å²) in [5, 5.41) is 32.1. The number of carbonyl (C=O) groups excluding carboxylic acids is 3. The Hall–Kier alpha value is -2.57. The fourth-order valence-electron chi connectivity index (χ4n) is 4.28. The zero-order valence-electron chi connectivity index (χ0n) is 13.5. The van der Waals surface area contributed by atoms with Crippen molar-refractivity contribution in [2.24, 2.45) is 0 Å². The molecule has 0 heterocycles. The van der Waals surface area contributed by atoms with Gasteiger partial charge in [-0.25, -0.2) is 0 Å². The molecule has 0 aromatic heterocycles. The first kappa shape index (κ1) is 15.9. The molecule has 2 atom stereocenters. The highest BCUT2D eigenvalue weighted by Crippen LogP contribution is 2.51. The van der Waals surface area contributed by atoms with Crippen molar-refractivity contribution in [3.63, 3.8) is 0 Å². The van der Waals surface area contributed by atoms with E-state index in [4.69, 9.17) is 0 Å². The predicted octanol–water partition coefficient (Wildman–Crippen LogP) is 1.24. The minimum atomic E-state index is -2.45. The molecule has 1 aromatic rings. The lowest BCUT2D eigenvalue weighted by Crippen LogP contribution is -2.65. The van der Waals surface area contributed by atoms with Gasteiger partial charge in [0.05, 0.1) is 5.56 Å². The third kappa shape index (κ3) is 1.78. The molecule has 3 aliphatic rings. The van der Waals surface area contributed by atoms with Crippen LogP contribution in [0, 0.1) is 0 Å². The van der Waals surface area contributed by atoms with Crippen LogP contribution in [0.4, 0.5) is 0 Å². The topological polar surface area (TPSA) is 112 Å². The number of aliphatic hydroxyl groups is 2. The first-order valence-corrected chi connectivity index (χ1v) is 8.02. The van der Waals surface area contributed by atoms with E-state index in [0.717, 1.165) is 0 Å². The number of allylic oxidation sites excluding steroid dienone is 1. The van der Waals surface area contributed by atoms with E-state index in [2.05, 4.69) is 0 Å². The number of rotatable bonds is 0. The highest BCUT2D eigenvalue weighted by Gasteiger charge is 2.63. The van der Waals surface area contributed by atoms with E-state index >= 15 is 0 Å². The maximum atomic E-state index is 13.0. The van der Waals surface area contributed by atoms with E-state index in [1.807, 2.05) is 0 Å². The van der Waals surface area contributed by atoms with Gasteiger partial charge >= 0.3 is 0 Å². The molecular weight excluding hydrogens is 324 g/mol. The molecule has 128 valence electrons. The summed E-state index contributed by atoms with van der Waals surface area (Å²) in [5.41, 5.74) is -4.21. The Morgan fingerprint density at radius 3 is 2.52 bits per heavy atom. The molecule has 0 aliphatic heterocycles. The molecule has 6 nitrogen and oxygen atoms in total. The molecule has 0 unspecified atom stereocenters. The maximum Gasteiger partial charge on any atom is 0.194 e. The maximum absolute atomic E-state index is 13.0. The quantitative estimate of drug-likeness (QED) is 0.655. The Kier molecular flexibility index (Phi) is 3.02. The van der Waals surface area contributed by atoms with Gasteiger partial charge in [0.2, 0.25) is 0 Å². The van der Waals surface area contributed by atoms with Crippen LogP contribution in [0.5, 0.6) is 5.75 Å². The van der Waals surface area contributed by atoms with Crippen LogP contribution in [-0.2, 0) is 4.79 Å². The average molecular weight is 340 g/mol. The van der Waals surface area contributed by atoms with Crippen molar-refractivity contribution in [3.05, 3.63) is 52.1 Å². The molecule has 3 aliphatic carbocycles. The molecular formula is C19H16O6. The summed E-state index contributed by atoms with van der Waals surface area (Å²) in [6.07, 6.45) is 1.27. The molecule has 0 amide bonds. The van der Waals surface area contributed by atoms with Gasteiger partial charge in [-0.1, -0.05) is 17.7 Å². The fourth-order valence-corrected chi connectivity index (χ4v) is 4.28. The van der Waals surface area contributed by atoms with Crippen LogP contribution in [0.15, 0.2) is 41.0 Å². The third-order valence-corrected chi connectivity index (χ3v) is 5.45. The van der Waals surface area contributed by atoms with Crippen molar-refractivity contribution in [1.29, 1.82) is 0 Å². The number of phenols is 1. The molecule has 4 rings (SSSR count). The third-order valence-electron chi connectivity index (χ3n) is 5.45. The van der Waals surface area contributed by atoms with Crippen LogP contribution in [0.2, 0.25) is 0 Å². The van der Waals surface area contributed by atoms with Crippen molar-refractivity contribution in [3.8, 4) is 5.75 Å². The number of fused-ring (bicyclic) bond motifs is 3. The van der Waals surface area contributed by atoms with E-state index in [9.17, 15) is 29.7 Å². The van der Waals surface area contributed by atoms with Gasteiger partial charge in [-0.15, -0.1) is 0 Å². The number of hydrogen-bond donors (Lipinski definition) is 3. The minimum Gasteiger partial charge on any atom is -0.507 e. The Bertz CT molecular complexity index is 937. The second-order valence-electron chi connectivity index (χ2n) is 6.99. The first-order valence-electron chi connectivity index (χ1n) is 8.02. The number of phenolic OH excluding ortho intramolecular Hbond substituents is 1. The largest absolute Gasteiger partial charge is 0.507 e. The zero-order valence-corrected chi connectivity index (χ0v) is 13.5. The van der Waals surface area contributed by atoms with Crippen LogP contribution < -0.4 is 0 Å². The number of ketones is 3. The van der Waals surface area contributed by atoms with Crippen LogP contribution in [0.3, 0.4) is 0 Å². The second-order valence-corrected chi connectivity index (χ2v) is 6.99. The molecule has 0 saturated heterocycles. The van der Waals surface area contributed by atoms with E-state index in [0.29, 0.717) is 5.57 Å². The van der Waals surface area contributed by atoms with Crippen LogP contribution in [0.1, 0.15) is 46.9 Å². The Morgan fingerprint density at radius 2 is 1.80 bits per heavy atom. The lowest BCUT2D eigenvalue weighted by Gasteiger charge is -2.49. The molecule has 0 spiro atoms. The monoisotopic (exact) mass is 340 g/mol. The molecule has 0 saturated carbocycles. The van der Waals surface area contributed by atoms with Crippen molar-refractivity contribution in [1.82, 2.24) is 0 Å². The SMILES string of the molecule is CC1=CC(=O)[C@]2(O)C3=C(CC[C@]2(O)C1)C(=O)c1c(O)cccc1C3=O. The van der Waals surface area contributed by atoms with Crippen molar-refractivity contribution >= 4 is 17.3 Å². The summed E-state index contributed by atoms with van der Waals surface area (Å²) in [5.74, 6) is -2.41.